The van der Waals surface area contributed by atoms with Crippen LogP contribution in [0.1, 0.15) is 16.8 Å². The zero-order valence-corrected chi connectivity index (χ0v) is 18.1. The SMILES string of the molecule is O=C(CCNC(=O)Nc1ccc(Br)cc1)Nc1ccccc1NC(=O)c1ccccc1. The Balaban J connectivity index is 1.48. The first-order chi connectivity index (χ1) is 15.0. The normalized spacial score (nSPS) is 10.1. The zero-order chi connectivity index (χ0) is 22.1. The monoisotopic (exact) mass is 480 g/mol. The molecule has 3 aromatic carbocycles. The van der Waals surface area contributed by atoms with Crippen LogP contribution in [0.2, 0.25) is 0 Å². The van der Waals surface area contributed by atoms with Crippen LogP contribution in [0.5, 0.6) is 0 Å². The molecule has 4 amide bonds. The summed E-state index contributed by atoms with van der Waals surface area (Å²) in [5.74, 6) is -0.557. The fourth-order valence-corrected chi connectivity index (χ4v) is 2.96. The van der Waals surface area contributed by atoms with Crippen LogP contribution in [0.4, 0.5) is 21.9 Å². The highest BCUT2D eigenvalue weighted by molar-refractivity contribution is 9.10. The lowest BCUT2D eigenvalue weighted by atomic mass is 10.2. The van der Waals surface area contributed by atoms with E-state index >= 15 is 0 Å². The summed E-state index contributed by atoms with van der Waals surface area (Å²) in [6.07, 6.45) is 0.0781. The minimum Gasteiger partial charge on any atom is -0.337 e. The van der Waals surface area contributed by atoms with Crippen molar-refractivity contribution in [3.05, 3.63) is 88.9 Å². The Kier molecular flexibility index (Phi) is 7.78. The molecule has 0 radical (unpaired) electrons. The van der Waals surface area contributed by atoms with Crippen LogP contribution in [0, 0.1) is 0 Å². The van der Waals surface area contributed by atoms with Gasteiger partial charge in [0.1, 0.15) is 0 Å². The van der Waals surface area contributed by atoms with Gasteiger partial charge in [-0.1, -0.05) is 46.3 Å². The summed E-state index contributed by atoms with van der Waals surface area (Å²) < 4.78 is 0.912. The number of anilines is 3. The lowest BCUT2D eigenvalue weighted by molar-refractivity contribution is -0.116. The summed E-state index contributed by atoms with van der Waals surface area (Å²) in [5.41, 5.74) is 2.14. The highest BCUT2D eigenvalue weighted by Gasteiger charge is 2.11. The molecule has 0 bridgehead atoms. The van der Waals surface area contributed by atoms with E-state index in [1.165, 1.54) is 0 Å². The van der Waals surface area contributed by atoms with Gasteiger partial charge in [-0.25, -0.2) is 4.79 Å². The predicted molar refractivity (Wildman–Crippen MR) is 125 cm³/mol. The predicted octanol–water partition coefficient (Wildman–Crippen LogP) is 4.85. The number of amides is 4. The van der Waals surface area contributed by atoms with Gasteiger partial charge in [-0.3, -0.25) is 9.59 Å². The van der Waals surface area contributed by atoms with Crippen LogP contribution in [0.15, 0.2) is 83.3 Å². The second-order valence-corrected chi connectivity index (χ2v) is 7.47. The van der Waals surface area contributed by atoms with E-state index in [2.05, 4.69) is 37.2 Å². The van der Waals surface area contributed by atoms with E-state index in [-0.39, 0.29) is 24.8 Å². The summed E-state index contributed by atoms with van der Waals surface area (Å²) in [4.78, 5) is 36.6. The molecule has 0 aromatic heterocycles. The van der Waals surface area contributed by atoms with Crippen molar-refractivity contribution in [2.24, 2.45) is 0 Å². The zero-order valence-electron chi connectivity index (χ0n) is 16.5. The average Bonchev–Trinajstić information content (AvgIpc) is 2.77. The summed E-state index contributed by atoms with van der Waals surface area (Å²) in [7, 11) is 0. The molecule has 0 aliphatic rings. The Hall–Kier alpha value is -3.65. The van der Waals surface area contributed by atoms with E-state index in [9.17, 15) is 14.4 Å². The fourth-order valence-electron chi connectivity index (χ4n) is 2.70. The number of hydrogen-bond acceptors (Lipinski definition) is 3. The second kappa shape index (κ2) is 10.9. The summed E-state index contributed by atoms with van der Waals surface area (Å²) >= 11 is 3.33. The molecule has 0 saturated heterocycles. The number of carbonyl (C=O) groups is 3. The van der Waals surface area contributed by atoms with Gasteiger partial charge in [-0.15, -0.1) is 0 Å². The maximum atomic E-state index is 12.4. The summed E-state index contributed by atoms with van der Waals surface area (Å²) in [6.45, 7) is 0.159. The van der Waals surface area contributed by atoms with Crippen molar-refractivity contribution >= 4 is 50.8 Å². The van der Waals surface area contributed by atoms with Gasteiger partial charge >= 0.3 is 6.03 Å². The van der Waals surface area contributed by atoms with Crippen LogP contribution in [0.3, 0.4) is 0 Å². The standard InChI is InChI=1S/C23H21BrN4O3/c24-17-10-12-18(13-11-17)26-23(31)25-15-14-21(29)27-19-8-4-5-9-20(19)28-22(30)16-6-2-1-3-7-16/h1-13H,14-15H2,(H,27,29)(H,28,30)(H2,25,26,31). The van der Waals surface area contributed by atoms with E-state index in [4.69, 9.17) is 0 Å². The van der Waals surface area contributed by atoms with Crippen LogP contribution in [0.25, 0.3) is 0 Å². The maximum absolute atomic E-state index is 12.4. The molecule has 0 saturated carbocycles. The van der Waals surface area contributed by atoms with Crippen molar-refractivity contribution in [2.75, 3.05) is 22.5 Å². The number of hydrogen-bond donors (Lipinski definition) is 4. The third-order valence-corrected chi connectivity index (χ3v) is 4.75. The Bertz CT molecular complexity index is 1060. The van der Waals surface area contributed by atoms with Gasteiger partial charge in [0.2, 0.25) is 5.91 Å². The minimum atomic E-state index is -0.398. The highest BCUT2D eigenvalue weighted by atomic mass is 79.9. The minimum absolute atomic E-state index is 0.0781. The molecule has 31 heavy (non-hydrogen) atoms. The van der Waals surface area contributed by atoms with Crippen molar-refractivity contribution in [1.82, 2.24) is 5.32 Å². The molecular formula is C23H21BrN4O3. The van der Waals surface area contributed by atoms with Gasteiger partial charge in [0.05, 0.1) is 11.4 Å². The molecule has 8 heteroatoms. The van der Waals surface area contributed by atoms with Gasteiger partial charge in [-0.2, -0.15) is 0 Å². The van der Waals surface area contributed by atoms with Crippen LogP contribution in [-0.4, -0.2) is 24.4 Å². The summed E-state index contributed by atoms with van der Waals surface area (Å²) in [6, 6.07) is 22.5. The van der Waals surface area contributed by atoms with Gasteiger partial charge < -0.3 is 21.3 Å². The smallest absolute Gasteiger partial charge is 0.319 e. The first-order valence-corrected chi connectivity index (χ1v) is 10.4. The maximum Gasteiger partial charge on any atom is 0.319 e. The fraction of sp³-hybridized carbons (Fsp3) is 0.0870. The average molecular weight is 481 g/mol. The number of urea groups is 1. The van der Waals surface area contributed by atoms with E-state index in [0.29, 0.717) is 22.6 Å². The molecule has 0 aliphatic carbocycles. The lowest BCUT2D eigenvalue weighted by Gasteiger charge is -2.13. The number of halogens is 1. The first-order valence-electron chi connectivity index (χ1n) is 9.57. The van der Waals surface area contributed by atoms with Gasteiger partial charge in [0.15, 0.2) is 0 Å². The van der Waals surface area contributed by atoms with Crippen molar-refractivity contribution in [3.63, 3.8) is 0 Å². The molecule has 0 spiro atoms. The van der Waals surface area contributed by atoms with Gasteiger partial charge in [0, 0.05) is 28.7 Å². The molecule has 0 heterocycles. The number of para-hydroxylation sites is 2. The van der Waals surface area contributed by atoms with Gasteiger partial charge in [0.25, 0.3) is 5.91 Å². The highest BCUT2D eigenvalue weighted by Crippen LogP contribution is 2.22. The second-order valence-electron chi connectivity index (χ2n) is 6.55. The molecule has 0 atom stereocenters. The molecule has 4 N–H and O–H groups in total. The summed E-state index contributed by atoms with van der Waals surface area (Å²) in [5, 5.41) is 10.9. The van der Waals surface area contributed by atoms with Crippen molar-refractivity contribution in [3.8, 4) is 0 Å². The first kappa shape index (κ1) is 22.0. The molecule has 158 valence electrons. The quantitative estimate of drug-likeness (QED) is 0.388. The van der Waals surface area contributed by atoms with Crippen LogP contribution >= 0.6 is 15.9 Å². The Morgan fingerprint density at radius 2 is 1.32 bits per heavy atom. The van der Waals surface area contributed by atoms with Crippen molar-refractivity contribution in [2.45, 2.75) is 6.42 Å². The molecule has 3 aromatic rings. The molecular weight excluding hydrogens is 460 g/mol. The Morgan fingerprint density at radius 3 is 2.00 bits per heavy atom. The van der Waals surface area contributed by atoms with E-state index in [1.54, 1.807) is 60.7 Å². The number of benzene rings is 3. The Labute approximate surface area is 188 Å². The molecule has 0 fully saturated rings. The number of rotatable bonds is 7. The van der Waals surface area contributed by atoms with Crippen molar-refractivity contribution < 1.29 is 14.4 Å². The van der Waals surface area contributed by atoms with Crippen molar-refractivity contribution in [1.29, 1.82) is 0 Å². The largest absolute Gasteiger partial charge is 0.337 e. The lowest BCUT2D eigenvalue weighted by Crippen LogP contribution is -2.31. The number of nitrogens with one attached hydrogen (secondary N) is 4. The molecule has 7 nitrogen and oxygen atoms in total. The third-order valence-electron chi connectivity index (χ3n) is 4.23. The molecule has 3 rings (SSSR count). The third kappa shape index (κ3) is 6.97. The van der Waals surface area contributed by atoms with Crippen LogP contribution < -0.4 is 21.3 Å². The number of carbonyl (C=O) groups excluding carboxylic acids is 3. The Morgan fingerprint density at radius 1 is 0.710 bits per heavy atom. The van der Waals surface area contributed by atoms with Crippen LogP contribution in [-0.2, 0) is 4.79 Å². The van der Waals surface area contributed by atoms with E-state index in [1.807, 2.05) is 18.2 Å². The van der Waals surface area contributed by atoms with E-state index < -0.39 is 6.03 Å². The molecule has 0 unspecified atom stereocenters. The van der Waals surface area contributed by atoms with E-state index in [0.717, 1.165) is 4.47 Å². The van der Waals surface area contributed by atoms with Gasteiger partial charge in [-0.05, 0) is 48.5 Å². The molecule has 0 aliphatic heterocycles. The topological polar surface area (TPSA) is 99.3 Å².